The van der Waals surface area contributed by atoms with Gasteiger partial charge < -0.3 is 20.1 Å². The molecule has 2 N–H and O–H groups in total. The highest BCUT2D eigenvalue weighted by Gasteiger charge is 2.32. The third-order valence-electron chi connectivity index (χ3n) is 3.34. The van der Waals surface area contributed by atoms with E-state index in [9.17, 15) is 4.79 Å². The Morgan fingerprint density at radius 3 is 2.45 bits per heavy atom. The smallest absolute Gasteiger partial charge is 0.407 e. The lowest BCUT2D eigenvalue weighted by Gasteiger charge is -2.38. The van der Waals surface area contributed by atoms with Crippen molar-refractivity contribution < 1.29 is 14.3 Å². The van der Waals surface area contributed by atoms with E-state index >= 15 is 0 Å². The van der Waals surface area contributed by atoms with Crippen molar-refractivity contribution in [3.05, 3.63) is 0 Å². The molecule has 0 saturated heterocycles. The third kappa shape index (κ3) is 6.57. The number of amides is 1. The van der Waals surface area contributed by atoms with Crippen LogP contribution < -0.4 is 10.6 Å². The molecule has 1 rings (SSSR count). The van der Waals surface area contributed by atoms with Crippen molar-refractivity contribution in [1.82, 2.24) is 10.6 Å². The number of alkyl carbamates (subject to hydrolysis) is 1. The lowest BCUT2D eigenvalue weighted by atomic mass is 9.86. The van der Waals surface area contributed by atoms with Crippen LogP contribution in [-0.4, -0.2) is 43.5 Å². The second-order valence-electron chi connectivity index (χ2n) is 6.62. The molecular weight excluding hydrogens is 256 g/mol. The van der Waals surface area contributed by atoms with Gasteiger partial charge in [-0.1, -0.05) is 13.3 Å². The molecule has 1 amide bonds. The molecule has 20 heavy (non-hydrogen) atoms. The third-order valence-corrected chi connectivity index (χ3v) is 3.34. The molecule has 0 aromatic carbocycles. The molecule has 0 bridgehead atoms. The van der Waals surface area contributed by atoms with Gasteiger partial charge in [0.05, 0.1) is 6.61 Å². The van der Waals surface area contributed by atoms with Crippen molar-refractivity contribution in [3.8, 4) is 0 Å². The number of hydrogen-bond acceptors (Lipinski definition) is 4. The van der Waals surface area contributed by atoms with Gasteiger partial charge >= 0.3 is 6.09 Å². The summed E-state index contributed by atoms with van der Waals surface area (Å²) in [4.78, 5) is 11.6. The normalized spacial score (nSPS) is 23.9. The fraction of sp³-hybridized carbons (Fsp3) is 0.933. The molecule has 0 aromatic rings. The number of carbonyl (C=O) groups excluding carboxylic acids is 1. The van der Waals surface area contributed by atoms with Crippen LogP contribution in [0.3, 0.4) is 0 Å². The number of methoxy groups -OCH3 is 1. The minimum Gasteiger partial charge on any atom is -0.444 e. The molecule has 0 heterocycles. The summed E-state index contributed by atoms with van der Waals surface area (Å²) in [6.45, 7) is 8.54. The highest BCUT2D eigenvalue weighted by Crippen LogP contribution is 2.21. The second-order valence-corrected chi connectivity index (χ2v) is 6.62. The van der Waals surface area contributed by atoms with Crippen LogP contribution in [0.15, 0.2) is 0 Å². The van der Waals surface area contributed by atoms with Crippen molar-refractivity contribution >= 4 is 6.09 Å². The number of carbonyl (C=O) groups is 1. The summed E-state index contributed by atoms with van der Waals surface area (Å²) < 4.78 is 10.5. The van der Waals surface area contributed by atoms with Crippen LogP contribution in [0.5, 0.6) is 0 Å². The fourth-order valence-corrected chi connectivity index (χ4v) is 2.44. The summed E-state index contributed by atoms with van der Waals surface area (Å²) in [6.07, 6.45) is 3.87. The van der Waals surface area contributed by atoms with Gasteiger partial charge in [-0.05, 0) is 40.0 Å². The lowest BCUT2D eigenvalue weighted by molar-refractivity contribution is 0.0457. The van der Waals surface area contributed by atoms with Gasteiger partial charge in [0, 0.05) is 25.2 Å². The van der Waals surface area contributed by atoms with Crippen LogP contribution in [0.25, 0.3) is 0 Å². The average molecular weight is 286 g/mol. The van der Waals surface area contributed by atoms with Gasteiger partial charge in [-0.2, -0.15) is 0 Å². The van der Waals surface area contributed by atoms with Crippen molar-refractivity contribution in [3.63, 3.8) is 0 Å². The van der Waals surface area contributed by atoms with E-state index in [4.69, 9.17) is 9.47 Å². The van der Waals surface area contributed by atoms with E-state index in [1.807, 2.05) is 20.8 Å². The van der Waals surface area contributed by atoms with E-state index in [0.29, 0.717) is 12.1 Å². The highest BCUT2D eigenvalue weighted by molar-refractivity contribution is 5.68. The van der Waals surface area contributed by atoms with Crippen molar-refractivity contribution in [2.45, 2.75) is 77.1 Å². The maximum absolute atomic E-state index is 11.6. The van der Waals surface area contributed by atoms with E-state index in [0.717, 1.165) is 32.3 Å². The summed E-state index contributed by atoms with van der Waals surface area (Å²) >= 11 is 0. The first-order chi connectivity index (χ1) is 9.34. The molecule has 1 unspecified atom stereocenters. The molecule has 0 spiro atoms. The van der Waals surface area contributed by atoms with Crippen LogP contribution in [0.4, 0.5) is 4.79 Å². The lowest BCUT2D eigenvalue weighted by Crippen LogP contribution is -2.55. The first-order valence-electron chi connectivity index (χ1n) is 7.58. The van der Waals surface area contributed by atoms with Crippen LogP contribution >= 0.6 is 0 Å². The van der Waals surface area contributed by atoms with Gasteiger partial charge in [0.25, 0.3) is 0 Å². The number of hydrogen-bond donors (Lipinski definition) is 2. The predicted molar refractivity (Wildman–Crippen MR) is 79.9 cm³/mol. The Balaban J connectivity index is 2.20. The van der Waals surface area contributed by atoms with Gasteiger partial charge in [-0.25, -0.2) is 4.79 Å². The zero-order chi connectivity index (χ0) is 15.2. The maximum atomic E-state index is 11.6. The second kappa shape index (κ2) is 7.84. The minimum atomic E-state index is -0.434. The number of nitrogens with one attached hydrogen (secondary N) is 2. The fourth-order valence-electron chi connectivity index (χ4n) is 2.44. The molecule has 1 aliphatic carbocycles. The van der Waals surface area contributed by atoms with Crippen LogP contribution in [0.1, 0.15) is 53.4 Å². The van der Waals surface area contributed by atoms with Gasteiger partial charge in [-0.15, -0.1) is 0 Å². The first-order valence-corrected chi connectivity index (χ1v) is 7.58. The van der Waals surface area contributed by atoms with Crippen molar-refractivity contribution in [2.24, 2.45) is 0 Å². The van der Waals surface area contributed by atoms with Crippen molar-refractivity contribution in [1.29, 1.82) is 0 Å². The standard InChI is InChI=1S/C15H30N2O3/c1-6-7-11(10-19-5)16-12-8-13(9-12)17-14(18)20-15(2,3)4/h11-13,16H,6-10H2,1-5H3,(H,17,18). The average Bonchev–Trinajstić information content (AvgIpc) is 2.24. The SMILES string of the molecule is CCCC(COC)NC1CC(NC(=O)OC(C)(C)C)C1. The van der Waals surface area contributed by atoms with E-state index in [1.165, 1.54) is 0 Å². The Labute approximate surface area is 122 Å². The van der Waals surface area contributed by atoms with E-state index in [-0.39, 0.29) is 12.1 Å². The molecule has 5 nitrogen and oxygen atoms in total. The van der Waals surface area contributed by atoms with Gasteiger partial charge in [0.2, 0.25) is 0 Å². The molecule has 118 valence electrons. The molecular formula is C15H30N2O3. The molecule has 0 aliphatic heterocycles. The molecule has 1 fully saturated rings. The highest BCUT2D eigenvalue weighted by atomic mass is 16.6. The van der Waals surface area contributed by atoms with Crippen molar-refractivity contribution in [2.75, 3.05) is 13.7 Å². The Morgan fingerprint density at radius 1 is 1.30 bits per heavy atom. The Bertz CT molecular complexity index is 290. The maximum Gasteiger partial charge on any atom is 0.407 e. The van der Waals surface area contributed by atoms with Crippen LogP contribution in [0.2, 0.25) is 0 Å². The molecule has 5 heteroatoms. The Hall–Kier alpha value is -0.810. The molecule has 1 aliphatic rings. The quantitative estimate of drug-likeness (QED) is 0.754. The summed E-state index contributed by atoms with van der Waals surface area (Å²) in [5.74, 6) is 0. The summed E-state index contributed by atoms with van der Waals surface area (Å²) in [7, 11) is 1.73. The Morgan fingerprint density at radius 2 is 1.95 bits per heavy atom. The number of rotatable bonds is 7. The molecule has 1 atom stereocenters. The molecule has 1 saturated carbocycles. The monoisotopic (exact) mass is 286 g/mol. The number of ether oxygens (including phenoxy) is 2. The topological polar surface area (TPSA) is 59.6 Å². The molecule has 0 radical (unpaired) electrons. The zero-order valence-corrected chi connectivity index (χ0v) is 13.5. The largest absolute Gasteiger partial charge is 0.444 e. The van der Waals surface area contributed by atoms with Gasteiger partial charge in [-0.3, -0.25) is 0 Å². The van der Waals surface area contributed by atoms with Gasteiger partial charge in [0.15, 0.2) is 0 Å². The summed E-state index contributed by atoms with van der Waals surface area (Å²) in [6, 6.07) is 1.12. The first kappa shape index (κ1) is 17.2. The van der Waals surface area contributed by atoms with E-state index in [1.54, 1.807) is 7.11 Å². The van der Waals surface area contributed by atoms with E-state index in [2.05, 4.69) is 17.6 Å². The zero-order valence-electron chi connectivity index (χ0n) is 13.5. The summed E-state index contributed by atoms with van der Waals surface area (Å²) in [5, 5.41) is 6.50. The Kier molecular flexibility index (Phi) is 6.76. The summed E-state index contributed by atoms with van der Waals surface area (Å²) in [5.41, 5.74) is -0.434. The van der Waals surface area contributed by atoms with Gasteiger partial charge in [0.1, 0.15) is 5.60 Å². The minimum absolute atomic E-state index is 0.229. The predicted octanol–water partition coefficient (Wildman–Crippen LogP) is 2.45. The van der Waals surface area contributed by atoms with Crippen LogP contribution in [-0.2, 0) is 9.47 Å². The van der Waals surface area contributed by atoms with Crippen LogP contribution in [0, 0.1) is 0 Å². The van der Waals surface area contributed by atoms with E-state index < -0.39 is 5.60 Å². The molecule has 0 aromatic heterocycles.